The summed E-state index contributed by atoms with van der Waals surface area (Å²) in [6, 6.07) is 2.30. The van der Waals surface area contributed by atoms with E-state index in [9.17, 15) is 22.4 Å². The smallest absolute Gasteiger partial charge is 0.368 e. The Morgan fingerprint density at radius 1 is 1.38 bits per heavy atom. The van der Waals surface area contributed by atoms with E-state index in [1.54, 1.807) is 6.08 Å². The second-order valence-electron chi connectivity index (χ2n) is 5.10. The Bertz CT molecular complexity index is 806. The number of rotatable bonds is 7. The average Bonchev–Trinajstić information content (AvgIpc) is 2.91. The summed E-state index contributed by atoms with van der Waals surface area (Å²) in [5.41, 5.74) is 4.28. The number of alkyl halides is 3. The van der Waals surface area contributed by atoms with Gasteiger partial charge in [0.15, 0.2) is 5.16 Å². The van der Waals surface area contributed by atoms with Crippen molar-refractivity contribution in [3.8, 4) is 0 Å². The predicted octanol–water partition coefficient (Wildman–Crippen LogP) is 2.61. The molecule has 2 aromatic rings. The maximum Gasteiger partial charge on any atom is 0.416 e. The van der Waals surface area contributed by atoms with Crippen molar-refractivity contribution in [3.05, 3.63) is 47.8 Å². The van der Waals surface area contributed by atoms with Crippen molar-refractivity contribution >= 4 is 23.6 Å². The lowest BCUT2D eigenvalue weighted by molar-refractivity contribution is -0.138. The van der Waals surface area contributed by atoms with Crippen LogP contribution in [0, 0.1) is 5.82 Å². The Labute approximate surface area is 150 Å². The van der Waals surface area contributed by atoms with Crippen molar-refractivity contribution < 1.29 is 22.4 Å². The number of hydrogen-bond acceptors (Lipinski definition) is 5. The van der Waals surface area contributed by atoms with E-state index >= 15 is 0 Å². The summed E-state index contributed by atoms with van der Waals surface area (Å²) in [5.74, 6) is -1.45. The first-order valence-corrected chi connectivity index (χ1v) is 8.25. The third kappa shape index (κ3) is 4.97. The molecule has 0 aliphatic carbocycles. The van der Waals surface area contributed by atoms with Gasteiger partial charge in [0.25, 0.3) is 0 Å². The van der Waals surface area contributed by atoms with Crippen molar-refractivity contribution in [2.75, 3.05) is 11.5 Å². The molecule has 0 spiro atoms. The van der Waals surface area contributed by atoms with E-state index in [4.69, 9.17) is 5.73 Å². The normalized spacial score (nSPS) is 11.4. The number of carbonyl (C=O) groups excluding carboxylic acids is 1. The highest BCUT2D eigenvalue weighted by atomic mass is 32.2. The standard InChI is InChI=1S/C15H15F4N5OS/c1-2-5-24-13(20)22-23-14(24)26-8-12(25)21-7-9-3-4-10(16)6-11(9)15(17,18)19/h2-4,6H,1,5,7-8H2,(H2,20,22)(H,21,25). The quantitative estimate of drug-likeness (QED) is 0.432. The molecule has 1 aromatic carbocycles. The van der Waals surface area contributed by atoms with E-state index in [0.717, 1.165) is 23.9 Å². The second-order valence-corrected chi connectivity index (χ2v) is 6.05. The number of nitrogens with one attached hydrogen (secondary N) is 1. The molecule has 1 heterocycles. The van der Waals surface area contributed by atoms with Gasteiger partial charge in [-0.2, -0.15) is 13.2 Å². The van der Waals surface area contributed by atoms with Crippen LogP contribution < -0.4 is 11.1 Å². The van der Waals surface area contributed by atoms with Crippen LogP contribution in [0.25, 0.3) is 0 Å². The fourth-order valence-corrected chi connectivity index (χ4v) is 2.83. The van der Waals surface area contributed by atoms with Gasteiger partial charge in [0, 0.05) is 13.1 Å². The lowest BCUT2D eigenvalue weighted by Gasteiger charge is -2.13. The molecule has 0 atom stereocenters. The predicted molar refractivity (Wildman–Crippen MR) is 88.6 cm³/mol. The number of allylic oxidation sites excluding steroid dienone is 1. The topological polar surface area (TPSA) is 85.8 Å². The summed E-state index contributed by atoms with van der Waals surface area (Å²) in [5, 5.41) is 10.2. The molecular weight excluding hydrogens is 374 g/mol. The zero-order valence-electron chi connectivity index (χ0n) is 13.4. The van der Waals surface area contributed by atoms with E-state index in [1.807, 2.05) is 0 Å². The van der Waals surface area contributed by atoms with Crippen LogP contribution in [0.2, 0.25) is 0 Å². The first kappa shape index (κ1) is 19.8. The van der Waals surface area contributed by atoms with Gasteiger partial charge in [-0.25, -0.2) is 4.39 Å². The minimum absolute atomic E-state index is 0.0994. The molecule has 11 heteroatoms. The van der Waals surface area contributed by atoms with Crippen molar-refractivity contribution in [1.82, 2.24) is 20.1 Å². The number of amides is 1. The van der Waals surface area contributed by atoms with Crippen LogP contribution in [0.1, 0.15) is 11.1 Å². The molecule has 0 saturated heterocycles. The molecule has 1 amide bonds. The van der Waals surface area contributed by atoms with E-state index in [2.05, 4.69) is 22.1 Å². The summed E-state index contributed by atoms with van der Waals surface area (Å²) in [7, 11) is 0. The molecule has 0 radical (unpaired) electrons. The van der Waals surface area contributed by atoms with Crippen LogP contribution in [0.5, 0.6) is 0 Å². The molecule has 26 heavy (non-hydrogen) atoms. The minimum Gasteiger partial charge on any atom is -0.368 e. The zero-order valence-corrected chi connectivity index (χ0v) is 14.2. The summed E-state index contributed by atoms with van der Waals surface area (Å²) >= 11 is 1.03. The van der Waals surface area contributed by atoms with Crippen LogP contribution in [0.4, 0.5) is 23.5 Å². The maximum absolute atomic E-state index is 13.1. The van der Waals surface area contributed by atoms with Crippen molar-refractivity contribution in [2.45, 2.75) is 24.4 Å². The number of halogens is 4. The third-order valence-corrected chi connectivity index (χ3v) is 4.21. The number of thioether (sulfide) groups is 1. The summed E-state index contributed by atoms with van der Waals surface area (Å²) < 4.78 is 53.4. The lowest BCUT2D eigenvalue weighted by atomic mass is 10.1. The number of nitrogens with zero attached hydrogens (tertiary/aromatic N) is 3. The molecule has 0 aliphatic rings. The Kier molecular flexibility index (Phi) is 6.24. The molecule has 3 N–H and O–H groups in total. The molecule has 0 saturated carbocycles. The summed E-state index contributed by atoms with van der Waals surface area (Å²) in [6.45, 7) is 3.55. The summed E-state index contributed by atoms with van der Waals surface area (Å²) in [6.07, 6.45) is -3.13. The highest BCUT2D eigenvalue weighted by Gasteiger charge is 2.33. The lowest BCUT2D eigenvalue weighted by Crippen LogP contribution is -2.26. The van der Waals surface area contributed by atoms with E-state index in [0.29, 0.717) is 17.8 Å². The molecule has 0 bridgehead atoms. The van der Waals surface area contributed by atoms with Gasteiger partial charge in [-0.1, -0.05) is 23.9 Å². The number of hydrogen-bond donors (Lipinski definition) is 2. The van der Waals surface area contributed by atoms with Gasteiger partial charge in [0.05, 0.1) is 11.3 Å². The van der Waals surface area contributed by atoms with Crippen molar-refractivity contribution in [2.24, 2.45) is 0 Å². The average molecular weight is 389 g/mol. The highest BCUT2D eigenvalue weighted by Crippen LogP contribution is 2.32. The SMILES string of the molecule is C=CCn1c(N)nnc1SCC(=O)NCc1ccc(F)cc1C(F)(F)F. The van der Waals surface area contributed by atoms with Gasteiger partial charge in [-0.05, 0) is 17.7 Å². The Balaban J connectivity index is 1.97. The van der Waals surface area contributed by atoms with Crippen molar-refractivity contribution in [3.63, 3.8) is 0 Å². The number of carbonyl (C=O) groups is 1. The summed E-state index contributed by atoms with van der Waals surface area (Å²) in [4.78, 5) is 11.9. The Morgan fingerprint density at radius 2 is 2.12 bits per heavy atom. The molecule has 6 nitrogen and oxygen atoms in total. The number of anilines is 1. The number of nitrogen functional groups attached to an aromatic ring is 1. The fourth-order valence-electron chi connectivity index (χ4n) is 2.05. The first-order chi connectivity index (χ1) is 12.2. The van der Waals surface area contributed by atoms with E-state index in [1.165, 1.54) is 4.57 Å². The van der Waals surface area contributed by atoms with Gasteiger partial charge in [0.1, 0.15) is 5.82 Å². The molecule has 0 fully saturated rings. The van der Waals surface area contributed by atoms with Gasteiger partial charge in [-0.3, -0.25) is 9.36 Å². The van der Waals surface area contributed by atoms with Crippen LogP contribution in [0.15, 0.2) is 36.0 Å². The fraction of sp³-hybridized carbons (Fsp3) is 0.267. The van der Waals surface area contributed by atoms with Crippen LogP contribution in [-0.2, 0) is 24.1 Å². The van der Waals surface area contributed by atoms with Gasteiger partial charge in [-0.15, -0.1) is 16.8 Å². The Hall–Kier alpha value is -2.56. The van der Waals surface area contributed by atoms with Gasteiger partial charge < -0.3 is 11.1 Å². The van der Waals surface area contributed by atoms with Crippen LogP contribution in [-0.4, -0.2) is 26.4 Å². The van der Waals surface area contributed by atoms with Crippen LogP contribution >= 0.6 is 11.8 Å². The van der Waals surface area contributed by atoms with Crippen molar-refractivity contribution in [1.29, 1.82) is 0 Å². The minimum atomic E-state index is -4.71. The largest absolute Gasteiger partial charge is 0.416 e. The molecule has 2 rings (SSSR count). The zero-order chi connectivity index (χ0) is 19.3. The van der Waals surface area contributed by atoms with Gasteiger partial charge >= 0.3 is 6.18 Å². The van der Waals surface area contributed by atoms with E-state index in [-0.39, 0.29) is 23.8 Å². The number of nitrogens with two attached hydrogens (primary N) is 1. The molecule has 140 valence electrons. The molecule has 0 unspecified atom stereocenters. The maximum atomic E-state index is 13.1. The molecule has 1 aromatic heterocycles. The third-order valence-electron chi connectivity index (χ3n) is 3.24. The van der Waals surface area contributed by atoms with E-state index < -0.39 is 23.5 Å². The molecule has 0 aliphatic heterocycles. The number of aromatic nitrogens is 3. The number of benzene rings is 1. The molecular formula is C15H15F4N5OS. The van der Waals surface area contributed by atoms with Gasteiger partial charge in [0.2, 0.25) is 11.9 Å². The second kappa shape index (κ2) is 8.21. The Morgan fingerprint density at radius 3 is 2.77 bits per heavy atom. The van der Waals surface area contributed by atoms with Crippen LogP contribution in [0.3, 0.4) is 0 Å². The monoisotopic (exact) mass is 389 g/mol. The highest BCUT2D eigenvalue weighted by molar-refractivity contribution is 7.99. The first-order valence-electron chi connectivity index (χ1n) is 7.27.